The number of ether oxygens (including phenoxy) is 1. The van der Waals surface area contributed by atoms with Crippen molar-refractivity contribution in [1.82, 2.24) is 5.32 Å². The fraction of sp³-hybridized carbons (Fsp3) is 0.562. The van der Waals surface area contributed by atoms with Crippen LogP contribution < -0.4 is 15.5 Å². The molecule has 0 aliphatic heterocycles. The SMILES string of the molecule is COCCC1(CNC(=O)Nc2ccccc2N(C)C)CC1. The molecule has 2 N–H and O–H groups in total. The number of amides is 2. The molecule has 2 rings (SSSR count). The zero-order valence-electron chi connectivity index (χ0n) is 13.1. The maximum absolute atomic E-state index is 12.1. The minimum absolute atomic E-state index is 0.145. The topological polar surface area (TPSA) is 53.6 Å². The number of methoxy groups -OCH3 is 1. The van der Waals surface area contributed by atoms with Gasteiger partial charge in [-0.25, -0.2) is 4.79 Å². The number of anilines is 2. The molecule has 1 aromatic rings. The van der Waals surface area contributed by atoms with Gasteiger partial charge in [0.05, 0.1) is 11.4 Å². The van der Waals surface area contributed by atoms with Gasteiger partial charge >= 0.3 is 6.03 Å². The van der Waals surface area contributed by atoms with E-state index in [-0.39, 0.29) is 11.4 Å². The number of para-hydroxylation sites is 2. The molecule has 1 fully saturated rings. The molecule has 21 heavy (non-hydrogen) atoms. The Labute approximate surface area is 126 Å². The van der Waals surface area contributed by atoms with Crippen LogP contribution in [0.4, 0.5) is 16.2 Å². The molecule has 0 bridgehead atoms. The number of carbonyl (C=O) groups excluding carboxylic acids is 1. The van der Waals surface area contributed by atoms with E-state index in [1.807, 2.05) is 43.3 Å². The summed E-state index contributed by atoms with van der Waals surface area (Å²) in [5, 5.41) is 5.91. The molecule has 116 valence electrons. The second-order valence-corrected chi connectivity index (χ2v) is 5.96. The molecule has 5 heteroatoms. The van der Waals surface area contributed by atoms with Gasteiger partial charge in [0, 0.05) is 34.4 Å². The highest BCUT2D eigenvalue weighted by atomic mass is 16.5. The summed E-state index contributed by atoms with van der Waals surface area (Å²) < 4.78 is 5.13. The molecule has 0 spiro atoms. The summed E-state index contributed by atoms with van der Waals surface area (Å²) >= 11 is 0. The van der Waals surface area contributed by atoms with Crippen molar-refractivity contribution in [2.45, 2.75) is 19.3 Å². The molecule has 0 atom stereocenters. The van der Waals surface area contributed by atoms with E-state index in [1.165, 1.54) is 12.8 Å². The minimum Gasteiger partial charge on any atom is -0.385 e. The van der Waals surface area contributed by atoms with Crippen LogP contribution in [0.15, 0.2) is 24.3 Å². The number of rotatable bonds is 7. The molecule has 0 aromatic heterocycles. The third kappa shape index (κ3) is 4.36. The number of carbonyl (C=O) groups is 1. The van der Waals surface area contributed by atoms with E-state index in [9.17, 15) is 4.79 Å². The number of hydrogen-bond donors (Lipinski definition) is 2. The highest BCUT2D eigenvalue weighted by Crippen LogP contribution is 2.48. The van der Waals surface area contributed by atoms with Gasteiger partial charge in [-0.2, -0.15) is 0 Å². The van der Waals surface area contributed by atoms with E-state index in [0.29, 0.717) is 6.54 Å². The molecule has 0 heterocycles. The van der Waals surface area contributed by atoms with Crippen molar-refractivity contribution >= 4 is 17.4 Å². The van der Waals surface area contributed by atoms with Crippen molar-refractivity contribution in [3.63, 3.8) is 0 Å². The van der Waals surface area contributed by atoms with E-state index in [1.54, 1.807) is 7.11 Å². The highest BCUT2D eigenvalue weighted by molar-refractivity contribution is 5.93. The van der Waals surface area contributed by atoms with Crippen molar-refractivity contribution in [2.75, 3.05) is 44.6 Å². The summed E-state index contributed by atoms with van der Waals surface area (Å²) in [5.41, 5.74) is 2.07. The molecule has 2 amide bonds. The fourth-order valence-corrected chi connectivity index (χ4v) is 2.41. The average molecular weight is 291 g/mol. The summed E-state index contributed by atoms with van der Waals surface area (Å²) in [6.45, 7) is 1.47. The van der Waals surface area contributed by atoms with Crippen LogP contribution in [0, 0.1) is 5.41 Å². The Morgan fingerprint density at radius 2 is 2.05 bits per heavy atom. The maximum atomic E-state index is 12.1. The van der Waals surface area contributed by atoms with Crippen LogP contribution in [0.25, 0.3) is 0 Å². The first kappa shape index (κ1) is 15.6. The van der Waals surface area contributed by atoms with Crippen molar-refractivity contribution in [2.24, 2.45) is 5.41 Å². The average Bonchev–Trinajstić information content (AvgIpc) is 3.24. The quantitative estimate of drug-likeness (QED) is 0.812. The number of benzene rings is 1. The van der Waals surface area contributed by atoms with E-state index in [4.69, 9.17) is 4.74 Å². The lowest BCUT2D eigenvalue weighted by molar-refractivity contribution is 0.171. The van der Waals surface area contributed by atoms with Crippen molar-refractivity contribution in [3.8, 4) is 0 Å². The van der Waals surface area contributed by atoms with Crippen LogP contribution in [0.1, 0.15) is 19.3 Å². The zero-order chi connectivity index (χ0) is 15.3. The monoisotopic (exact) mass is 291 g/mol. The predicted octanol–water partition coefficient (Wildman–Crippen LogP) is 2.69. The largest absolute Gasteiger partial charge is 0.385 e. The summed E-state index contributed by atoms with van der Waals surface area (Å²) in [6.07, 6.45) is 3.36. The molecule has 1 aliphatic carbocycles. The summed E-state index contributed by atoms with van der Waals surface area (Å²) in [4.78, 5) is 14.0. The number of hydrogen-bond acceptors (Lipinski definition) is 3. The second-order valence-electron chi connectivity index (χ2n) is 5.96. The van der Waals surface area contributed by atoms with Gasteiger partial charge in [0.15, 0.2) is 0 Å². The molecule has 1 aromatic carbocycles. The van der Waals surface area contributed by atoms with Crippen LogP contribution in [0.5, 0.6) is 0 Å². The lowest BCUT2D eigenvalue weighted by atomic mass is 10.0. The van der Waals surface area contributed by atoms with E-state index >= 15 is 0 Å². The summed E-state index contributed by atoms with van der Waals surface area (Å²) in [7, 11) is 5.64. The Kier molecular flexibility index (Phi) is 5.07. The number of nitrogens with zero attached hydrogens (tertiary/aromatic N) is 1. The molecular formula is C16H25N3O2. The second kappa shape index (κ2) is 6.80. The number of urea groups is 1. The first-order chi connectivity index (χ1) is 10.1. The molecular weight excluding hydrogens is 266 g/mol. The fourth-order valence-electron chi connectivity index (χ4n) is 2.41. The Morgan fingerprint density at radius 3 is 2.67 bits per heavy atom. The third-order valence-corrected chi connectivity index (χ3v) is 4.05. The van der Waals surface area contributed by atoms with E-state index in [2.05, 4.69) is 10.6 Å². The van der Waals surface area contributed by atoms with Gasteiger partial charge in [-0.15, -0.1) is 0 Å². The van der Waals surface area contributed by atoms with Crippen LogP contribution >= 0.6 is 0 Å². The molecule has 5 nitrogen and oxygen atoms in total. The van der Waals surface area contributed by atoms with Gasteiger partial charge < -0.3 is 20.3 Å². The molecule has 0 saturated heterocycles. The summed E-state index contributed by atoms with van der Waals surface area (Å²) in [5.74, 6) is 0. The predicted molar refractivity (Wildman–Crippen MR) is 86.0 cm³/mol. The molecule has 1 aliphatic rings. The van der Waals surface area contributed by atoms with Gasteiger partial charge in [0.25, 0.3) is 0 Å². The Bertz CT molecular complexity index is 484. The van der Waals surface area contributed by atoms with E-state index in [0.717, 1.165) is 24.4 Å². The normalized spacial score (nSPS) is 15.4. The maximum Gasteiger partial charge on any atom is 0.319 e. The molecule has 1 saturated carbocycles. The van der Waals surface area contributed by atoms with Crippen LogP contribution in [0.3, 0.4) is 0 Å². The first-order valence-corrected chi connectivity index (χ1v) is 7.36. The van der Waals surface area contributed by atoms with Gasteiger partial charge in [-0.3, -0.25) is 0 Å². The van der Waals surface area contributed by atoms with Crippen molar-refractivity contribution in [1.29, 1.82) is 0 Å². The first-order valence-electron chi connectivity index (χ1n) is 7.36. The van der Waals surface area contributed by atoms with Gasteiger partial charge in [0.1, 0.15) is 0 Å². The zero-order valence-corrected chi connectivity index (χ0v) is 13.1. The molecule has 0 radical (unpaired) electrons. The van der Waals surface area contributed by atoms with Gasteiger partial charge in [0.2, 0.25) is 0 Å². The Balaban J connectivity index is 1.85. The third-order valence-electron chi connectivity index (χ3n) is 4.05. The lowest BCUT2D eigenvalue weighted by Crippen LogP contribution is -2.34. The molecule has 0 unspecified atom stereocenters. The van der Waals surface area contributed by atoms with Crippen molar-refractivity contribution in [3.05, 3.63) is 24.3 Å². The van der Waals surface area contributed by atoms with Crippen LogP contribution in [0.2, 0.25) is 0 Å². The van der Waals surface area contributed by atoms with Gasteiger partial charge in [-0.05, 0) is 36.8 Å². The highest BCUT2D eigenvalue weighted by Gasteiger charge is 2.42. The smallest absolute Gasteiger partial charge is 0.319 e. The lowest BCUT2D eigenvalue weighted by Gasteiger charge is -2.19. The van der Waals surface area contributed by atoms with Gasteiger partial charge in [-0.1, -0.05) is 12.1 Å². The standard InChI is InChI=1S/C16H25N3O2/c1-19(2)14-7-5-4-6-13(14)18-15(20)17-12-16(8-9-16)10-11-21-3/h4-7H,8-12H2,1-3H3,(H2,17,18,20). The van der Waals surface area contributed by atoms with Crippen molar-refractivity contribution < 1.29 is 9.53 Å². The minimum atomic E-state index is -0.145. The van der Waals surface area contributed by atoms with E-state index < -0.39 is 0 Å². The Hall–Kier alpha value is -1.75. The Morgan fingerprint density at radius 1 is 1.33 bits per heavy atom. The van der Waals surface area contributed by atoms with Crippen LogP contribution in [-0.2, 0) is 4.74 Å². The van der Waals surface area contributed by atoms with Crippen LogP contribution in [-0.4, -0.2) is 40.4 Å². The number of nitrogens with one attached hydrogen (secondary N) is 2. The summed E-state index contributed by atoms with van der Waals surface area (Å²) in [6, 6.07) is 7.63.